The highest BCUT2D eigenvalue weighted by molar-refractivity contribution is 7.99. The van der Waals surface area contributed by atoms with E-state index in [1.54, 1.807) is 0 Å². The number of thioether (sulfide) groups is 1. The van der Waals surface area contributed by atoms with Crippen LogP contribution < -0.4 is 5.32 Å². The van der Waals surface area contributed by atoms with Crippen molar-refractivity contribution in [2.24, 2.45) is 5.92 Å². The van der Waals surface area contributed by atoms with Gasteiger partial charge in [-0.05, 0) is 24.3 Å². The van der Waals surface area contributed by atoms with Crippen LogP contribution in [-0.4, -0.2) is 19.3 Å². The molecule has 16 heavy (non-hydrogen) atoms. The molecule has 0 aliphatic rings. The zero-order valence-corrected chi connectivity index (χ0v) is 11.4. The molecule has 0 aliphatic carbocycles. The van der Waals surface area contributed by atoms with Crippen LogP contribution in [-0.2, 0) is 0 Å². The Labute approximate surface area is 104 Å². The molecule has 0 aromatic heterocycles. The van der Waals surface area contributed by atoms with Gasteiger partial charge in [-0.1, -0.05) is 50.6 Å². The third-order valence-electron chi connectivity index (χ3n) is 2.84. The molecule has 2 atom stereocenters. The normalized spacial score (nSPS) is 14.7. The van der Waals surface area contributed by atoms with E-state index in [1.165, 1.54) is 17.7 Å². The van der Waals surface area contributed by atoms with Gasteiger partial charge in [0.2, 0.25) is 0 Å². The van der Waals surface area contributed by atoms with E-state index < -0.39 is 0 Å². The van der Waals surface area contributed by atoms with E-state index in [9.17, 15) is 0 Å². The van der Waals surface area contributed by atoms with E-state index in [-0.39, 0.29) is 0 Å². The minimum absolute atomic E-state index is 0.584. The van der Waals surface area contributed by atoms with Gasteiger partial charge in [0.05, 0.1) is 0 Å². The van der Waals surface area contributed by atoms with Crippen molar-refractivity contribution in [2.45, 2.75) is 25.5 Å². The molecule has 0 saturated carbocycles. The lowest BCUT2D eigenvalue weighted by Crippen LogP contribution is -2.16. The van der Waals surface area contributed by atoms with Crippen LogP contribution in [0.4, 0.5) is 0 Å². The maximum Gasteiger partial charge on any atom is 0.0421 e. The smallest absolute Gasteiger partial charge is 0.0421 e. The van der Waals surface area contributed by atoms with Crippen molar-refractivity contribution in [3.63, 3.8) is 0 Å². The topological polar surface area (TPSA) is 12.0 Å². The standard InChI is InChI=1S/C14H23NS/c1-4-12(2)11-16-14(10-15-3)13-8-6-5-7-9-13/h5-9,12,14-15H,4,10-11H2,1-3H3. The Morgan fingerprint density at radius 1 is 1.25 bits per heavy atom. The molecule has 2 unspecified atom stereocenters. The largest absolute Gasteiger partial charge is 0.318 e. The van der Waals surface area contributed by atoms with Crippen LogP contribution >= 0.6 is 11.8 Å². The predicted octanol–water partition coefficient (Wildman–Crippen LogP) is 3.73. The van der Waals surface area contributed by atoms with E-state index in [2.05, 4.69) is 61.3 Å². The van der Waals surface area contributed by atoms with Crippen molar-refractivity contribution >= 4 is 11.8 Å². The molecule has 0 fully saturated rings. The second kappa shape index (κ2) is 7.75. The van der Waals surface area contributed by atoms with Gasteiger partial charge in [-0.15, -0.1) is 0 Å². The van der Waals surface area contributed by atoms with Crippen molar-refractivity contribution in [3.05, 3.63) is 35.9 Å². The Morgan fingerprint density at radius 2 is 1.94 bits per heavy atom. The molecule has 0 aliphatic heterocycles. The molecule has 0 saturated heterocycles. The number of hydrogen-bond donors (Lipinski definition) is 1. The fourth-order valence-corrected chi connectivity index (χ4v) is 2.96. The fraction of sp³-hybridized carbons (Fsp3) is 0.571. The lowest BCUT2D eigenvalue weighted by atomic mass is 10.1. The summed E-state index contributed by atoms with van der Waals surface area (Å²) >= 11 is 2.07. The molecular weight excluding hydrogens is 214 g/mol. The van der Waals surface area contributed by atoms with Gasteiger partial charge in [0, 0.05) is 11.8 Å². The summed E-state index contributed by atoms with van der Waals surface area (Å²) in [7, 11) is 2.03. The Balaban J connectivity index is 2.54. The van der Waals surface area contributed by atoms with Gasteiger partial charge >= 0.3 is 0 Å². The summed E-state index contributed by atoms with van der Waals surface area (Å²) in [5, 5.41) is 3.87. The van der Waals surface area contributed by atoms with E-state index >= 15 is 0 Å². The molecule has 90 valence electrons. The van der Waals surface area contributed by atoms with E-state index in [0.717, 1.165) is 12.5 Å². The minimum Gasteiger partial charge on any atom is -0.318 e. The second-order valence-electron chi connectivity index (χ2n) is 4.30. The zero-order chi connectivity index (χ0) is 11.8. The van der Waals surface area contributed by atoms with Gasteiger partial charge in [0.25, 0.3) is 0 Å². The van der Waals surface area contributed by atoms with Crippen molar-refractivity contribution in [2.75, 3.05) is 19.3 Å². The van der Waals surface area contributed by atoms with Gasteiger partial charge in [0.1, 0.15) is 0 Å². The molecule has 1 aromatic rings. The van der Waals surface area contributed by atoms with E-state index in [4.69, 9.17) is 0 Å². The molecule has 1 rings (SSSR count). The average molecular weight is 237 g/mol. The Hall–Kier alpha value is -0.470. The maximum absolute atomic E-state index is 3.29. The summed E-state index contributed by atoms with van der Waals surface area (Å²) in [6.45, 7) is 5.64. The highest BCUT2D eigenvalue weighted by Crippen LogP contribution is 2.30. The van der Waals surface area contributed by atoms with Crippen LogP contribution in [0.1, 0.15) is 31.1 Å². The molecule has 1 aromatic carbocycles. The molecule has 0 bridgehead atoms. The van der Waals surface area contributed by atoms with Crippen LogP contribution in [0.2, 0.25) is 0 Å². The summed E-state index contributed by atoms with van der Waals surface area (Å²) in [4.78, 5) is 0. The van der Waals surface area contributed by atoms with E-state index in [0.29, 0.717) is 5.25 Å². The van der Waals surface area contributed by atoms with Crippen LogP contribution in [0.3, 0.4) is 0 Å². The number of benzene rings is 1. The number of rotatable bonds is 7. The van der Waals surface area contributed by atoms with Gasteiger partial charge in [-0.25, -0.2) is 0 Å². The monoisotopic (exact) mass is 237 g/mol. The van der Waals surface area contributed by atoms with E-state index in [1.807, 2.05) is 7.05 Å². The fourth-order valence-electron chi connectivity index (χ4n) is 1.52. The average Bonchev–Trinajstić information content (AvgIpc) is 2.35. The first-order valence-electron chi connectivity index (χ1n) is 6.09. The number of hydrogen-bond acceptors (Lipinski definition) is 2. The SMILES string of the molecule is CCC(C)CSC(CNC)c1ccccc1. The first kappa shape index (κ1) is 13.6. The second-order valence-corrected chi connectivity index (χ2v) is 5.54. The third-order valence-corrected chi connectivity index (χ3v) is 4.44. The Bertz CT molecular complexity index is 273. The van der Waals surface area contributed by atoms with Crippen LogP contribution in [0.25, 0.3) is 0 Å². The van der Waals surface area contributed by atoms with Crippen LogP contribution in [0.15, 0.2) is 30.3 Å². The van der Waals surface area contributed by atoms with Crippen molar-refractivity contribution in [3.8, 4) is 0 Å². The first-order valence-corrected chi connectivity index (χ1v) is 7.14. The van der Waals surface area contributed by atoms with Crippen molar-refractivity contribution < 1.29 is 0 Å². The Morgan fingerprint density at radius 3 is 2.50 bits per heavy atom. The summed E-state index contributed by atoms with van der Waals surface area (Å²) in [6.07, 6.45) is 1.27. The molecular formula is C14H23NS. The van der Waals surface area contributed by atoms with Crippen molar-refractivity contribution in [1.82, 2.24) is 5.32 Å². The lowest BCUT2D eigenvalue weighted by Gasteiger charge is -2.18. The molecule has 2 heteroatoms. The number of nitrogens with one attached hydrogen (secondary N) is 1. The summed E-state index contributed by atoms with van der Waals surface area (Å²) in [6, 6.07) is 10.8. The molecule has 0 radical (unpaired) electrons. The van der Waals surface area contributed by atoms with Crippen LogP contribution in [0, 0.1) is 5.92 Å². The lowest BCUT2D eigenvalue weighted by molar-refractivity contribution is 0.634. The molecule has 0 amide bonds. The maximum atomic E-state index is 3.29. The summed E-state index contributed by atoms with van der Waals surface area (Å²) in [5.41, 5.74) is 1.44. The molecule has 1 N–H and O–H groups in total. The first-order chi connectivity index (χ1) is 7.77. The predicted molar refractivity (Wildman–Crippen MR) is 75.0 cm³/mol. The molecule has 0 heterocycles. The molecule has 0 spiro atoms. The molecule has 1 nitrogen and oxygen atoms in total. The highest BCUT2D eigenvalue weighted by Gasteiger charge is 2.11. The van der Waals surface area contributed by atoms with Gasteiger partial charge in [-0.2, -0.15) is 11.8 Å². The van der Waals surface area contributed by atoms with Gasteiger partial charge in [-0.3, -0.25) is 0 Å². The highest BCUT2D eigenvalue weighted by atomic mass is 32.2. The van der Waals surface area contributed by atoms with Crippen molar-refractivity contribution in [1.29, 1.82) is 0 Å². The minimum atomic E-state index is 0.584. The quantitative estimate of drug-likeness (QED) is 0.775. The summed E-state index contributed by atoms with van der Waals surface area (Å²) in [5.74, 6) is 2.06. The zero-order valence-electron chi connectivity index (χ0n) is 10.6. The Kier molecular flexibility index (Phi) is 6.58. The third kappa shape index (κ3) is 4.58. The summed E-state index contributed by atoms with van der Waals surface area (Å²) < 4.78 is 0. The number of likely N-dealkylation sites (N-methyl/N-ethyl adjacent to an activating group) is 1. The van der Waals surface area contributed by atoms with Gasteiger partial charge < -0.3 is 5.32 Å². The van der Waals surface area contributed by atoms with Gasteiger partial charge in [0.15, 0.2) is 0 Å². The van der Waals surface area contributed by atoms with Crippen LogP contribution in [0.5, 0.6) is 0 Å².